The van der Waals surface area contributed by atoms with Gasteiger partial charge in [0, 0.05) is 12.5 Å². The molecule has 0 spiro atoms. The molecule has 25 heavy (non-hydrogen) atoms. The molecule has 3 aromatic rings. The Morgan fingerprint density at radius 3 is 2.84 bits per heavy atom. The molecular weight excluding hydrogens is 338 g/mol. The summed E-state index contributed by atoms with van der Waals surface area (Å²) >= 11 is 1.39. The van der Waals surface area contributed by atoms with E-state index in [1.54, 1.807) is 18.2 Å². The molecule has 0 bridgehead atoms. The Hall–Kier alpha value is -2.54. The quantitative estimate of drug-likeness (QED) is 0.656. The zero-order valence-corrected chi connectivity index (χ0v) is 15.2. The zero-order valence-electron chi connectivity index (χ0n) is 14.4. The molecule has 0 fully saturated rings. The van der Waals surface area contributed by atoms with E-state index in [4.69, 9.17) is 4.74 Å². The Balaban J connectivity index is 1.77. The maximum Gasteiger partial charge on any atom is 0.338 e. The van der Waals surface area contributed by atoms with Crippen LogP contribution in [0, 0.1) is 12.8 Å². The fraction of sp³-hybridized carbons (Fsp3) is 0.333. The van der Waals surface area contributed by atoms with E-state index in [1.807, 2.05) is 13.0 Å². The minimum Gasteiger partial charge on any atom is -0.456 e. The molecule has 130 valence electrons. The van der Waals surface area contributed by atoms with Crippen molar-refractivity contribution in [3.63, 3.8) is 0 Å². The molecule has 0 saturated heterocycles. The maximum absolute atomic E-state index is 12.2. The van der Waals surface area contributed by atoms with E-state index in [2.05, 4.69) is 23.9 Å². The van der Waals surface area contributed by atoms with Crippen LogP contribution in [-0.2, 0) is 17.8 Å². The highest BCUT2D eigenvalue weighted by molar-refractivity contribution is 7.16. The SMILES string of the molecule is Cc1cccc(C(=O)OCc2cc(=O)n3nc(CC(C)C)sc3n2)c1. The van der Waals surface area contributed by atoms with Crippen LogP contribution in [0.2, 0.25) is 0 Å². The number of benzene rings is 1. The smallest absolute Gasteiger partial charge is 0.338 e. The molecular formula is C18H19N3O3S. The lowest BCUT2D eigenvalue weighted by molar-refractivity contribution is 0.0467. The minimum atomic E-state index is -0.435. The van der Waals surface area contributed by atoms with Crippen LogP contribution in [0.3, 0.4) is 0 Å². The molecule has 2 aromatic heterocycles. The molecule has 0 atom stereocenters. The van der Waals surface area contributed by atoms with Gasteiger partial charge in [0.2, 0.25) is 4.96 Å². The third-order valence-corrected chi connectivity index (χ3v) is 4.46. The van der Waals surface area contributed by atoms with E-state index in [9.17, 15) is 9.59 Å². The van der Waals surface area contributed by atoms with Crippen LogP contribution in [-0.4, -0.2) is 20.6 Å². The number of hydrogen-bond donors (Lipinski definition) is 0. The Labute approximate surface area is 149 Å². The summed E-state index contributed by atoms with van der Waals surface area (Å²) in [6, 6.07) is 8.52. The van der Waals surface area contributed by atoms with Gasteiger partial charge in [-0.2, -0.15) is 9.61 Å². The van der Waals surface area contributed by atoms with E-state index in [0.717, 1.165) is 17.0 Å². The number of ether oxygens (including phenoxy) is 1. The molecule has 6 nitrogen and oxygen atoms in total. The molecule has 0 aliphatic rings. The van der Waals surface area contributed by atoms with Crippen molar-refractivity contribution in [3.05, 3.63) is 62.5 Å². The first-order valence-electron chi connectivity index (χ1n) is 8.05. The second-order valence-corrected chi connectivity index (χ2v) is 7.36. The van der Waals surface area contributed by atoms with E-state index >= 15 is 0 Å². The van der Waals surface area contributed by atoms with Crippen molar-refractivity contribution in [2.75, 3.05) is 0 Å². The predicted octanol–water partition coefficient (Wildman–Crippen LogP) is 3.01. The molecule has 0 radical (unpaired) electrons. The van der Waals surface area contributed by atoms with Gasteiger partial charge in [0.05, 0.1) is 11.3 Å². The van der Waals surface area contributed by atoms with Crippen molar-refractivity contribution in [3.8, 4) is 0 Å². The van der Waals surface area contributed by atoms with E-state index in [0.29, 0.717) is 22.1 Å². The first kappa shape index (κ1) is 17.3. The van der Waals surface area contributed by atoms with Crippen LogP contribution in [0.4, 0.5) is 0 Å². The number of carbonyl (C=O) groups excluding carboxylic acids is 1. The van der Waals surface area contributed by atoms with Crippen LogP contribution in [0.25, 0.3) is 4.96 Å². The summed E-state index contributed by atoms with van der Waals surface area (Å²) in [5.41, 5.74) is 1.62. The topological polar surface area (TPSA) is 73.6 Å². The van der Waals surface area contributed by atoms with Gasteiger partial charge in [0.1, 0.15) is 11.6 Å². The van der Waals surface area contributed by atoms with Gasteiger partial charge in [0.25, 0.3) is 5.56 Å². The fourth-order valence-electron chi connectivity index (χ4n) is 2.40. The molecule has 0 N–H and O–H groups in total. The number of rotatable bonds is 5. The lowest BCUT2D eigenvalue weighted by Crippen LogP contribution is -2.16. The van der Waals surface area contributed by atoms with Gasteiger partial charge in [-0.3, -0.25) is 4.79 Å². The lowest BCUT2D eigenvalue weighted by Gasteiger charge is -2.05. The van der Waals surface area contributed by atoms with Gasteiger partial charge in [-0.1, -0.05) is 42.9 Å². The fourth-order valence-corrected chi connectivity index (χ4v) is 3.53. The number of hydrogen-bond acceptors (Lipinski definition) is 6. The van der Waals surface area contributed by atoms with Crippen LogP contribution >= 0.6 is 11.3 Å². The zero-order chi connectivity index (χ0) is 18.0. The summed E-state index contributed by atoms with van der Waals surface area (Å²) in [5, 5.41) is 5.17. The Morgan fingerprint density at radius 1 is 1.32 bits per heavy atom. The molecule has 7 heteroatoms. The minimum absolute atomic E-state index is 0.0457. The third kappa shape index (κ3) is 4.11. The van der Waals surface area contributed by atoms with E-state index in [-0.39, 0.29) is 12.2 Å². The second kappa shape index (κ2) is 7.14. The third-order valence-electron chi connectivity index (χ3n) is 3.53. The lowest BCUT2D eigenvalue weighted by atomic mass is 10.1. The van der Waals surface area contributed by atoms with Crippen molar-refractivity contribution in [1.82, 2.24) is 14.6 Å². The maximum atomic E-state index is 12.2. The normalized spacial score (nSPS) is 11.2. The Morgan fingerprint density at radius 2 is 2.12 bits per heavy atom. The van der Waals surface area contributed by atoms with Gasteiger partial charge < -0.3 is 4.74 Å². The van der Waals surface area contributed by atoms with Gasteiger partial charge >= 0.3 is 5.97 Å². The van der Waals surface area contributed by atoms with Gasteiger partial charge in [-0.15, -0.1) is 0 Å². The molecule has 0 aliphatic carbocycles. The van der Waals surface area contributed by atoms with Crippen LogP contribution in [0.5, 0.6) is 0 Å². The standard InChI is InChI=1S/C18H19N3O3S/c1-11(2)7-15-20-21-16(22)9-14(19-18(21)25-15)10-24-17(23)13-6-4-5-12(3)8-13/h4-6,8-9,11H,7,10H2,1-3H3. The summed E-state index contributed by atoms with van der Waals surface area (Å²) in [7, 11) is 0. The first-order chi connectivity index (χ1) is 11.9. The number of nitrogens with zero attached hydrogens (tertiary/aromatic N) is 3. The van der Waals surface area contributed by atoms with Crippen molar-refractivity contribution < 1.29 is 9.53 Å². The highest BCUT2D eigenvalue weighted by Gasteiger charge is 2.12. The first-order valence-corrected chi connectivity index (χ1v) is 8.86. The highest BCUT2D eigenvalue weighted by atomic mass is 32.1. The largest absolute Gasteiger partial charge is 0.456 e. The number of aromatic nitrogens is 3. The predicted molar refractivity (Wildman–Crippen MR) is 96.0 cm³/mol. The van der Waals surface area contributed by atoms with E-state index < -0.39 is 5.97 Å². The average Bonchev–Trinajstić information content (AvgIpc) is 2.94. The number of carbonyl (C=O) groups is 1. The summed E-state index contributed by atoms with van der Waals surface area (Å²) in [6.07, 6.45) is 0.797. The average molecular weight is 357 g/mol. The van der Waals surface area contributed by atoms with Crippen molar-refractivity contribution >= 4 is 22.3 Å². The highest BCUT2D eigenvalue weighted by Crippen LogP contribution is 2.15. The molecule has 1 aromatic carbocycles. The van der Waals surface area contributed by atoms with Crippen molar-refractivity contribution in [2.45, 2.75) is 33.8 Å². The molecule has 0 unspecified atom stereocenters. The molecule has 3 rings (SSSR count). The van der Waals surface area contributed by atoms with Gasteiger partial charge in [0.15, 0.2) is 0 Å². The summed E-state index contributed by atoms with van der Waals surface area (Å²) in [4.78, 5) is 29.2. The van der Waals surface area contributed by atoms with Crippen LogP contribution < -0.4 is 5.56 Å². The van der Waals surface area contributed by atoms with E-state index in [1.165, 1.54) is 21.9 Å². The van der Waals surface area contributed by atoms with Gasteiger partial charge in [-0.25, -0.2) is 9.78 Å². The molecule has 0 saturated carbocycles. The second-order valence-electron chi connectivity index (χ2n) is 6.32. The number of aryl methyl sites for hydroxylation is 1. The summed E-state index contributed by atoms with van der Waals surface area (Å²) < 4.78 is 6.58. The van der Waals surface area contributed by atoms with Crippen LogP contribution in [0.15, 0.2) is 35.1 Å². The number of esters is 1. The van der Waals surface area contributed by atoms with Gasteiger partial charge in [-0.05, 0) is 25.0 Å². The Kier molecular flexibility index (Phi) is 4.94. The monoisotopic (exact) mass is 357 g/mol. The summed E-state index contributed by atoms with van der Waals surface area (Å²) in [6.45, 7) is 6.05. The number of fused-ring (bicyclic) bond motifs is 1. The van der Waals surface area contributed by atoms with Crippen molar-refractivity contribution in [1.29, 1.82) is 0 Å². The molecule has 0 amide bonds. The Bertz CT molecular complexity index is 975. The molecule has 0 aliphatic heterocycles. The van der Waals surface area contributed by atoms with Crippen LogP contribution in [0.1, 0.15) is 40.5 Å². The molecule has 2 heterocycles. The summed E-state index contributed by atoms with van der Waals surface area (Å²) in [5.74, 6) is 0.0153. The van der Waals surface area contributed by atoms with Crippen molar-refractivity contribution in [2.24, 2.45) is 5.92 Å².